The summed E-state index contributed by atoms with van der Waals surface area (Å²) in [6, 6.07) is 5.18. The van der Waals surface area contributed by atoms with Gasteiger partial charge in [0.05, 0.1) is 11.9 Å². The lowest BCUT2D eigenvalue weighted by Crippen LogP contribution is -2.15. The minimum absolute atomic E-state index is 0.168. The van der Waals surface area contributed by atoms with E-state index >= 15 is 0 Å². The van der Waals surface area contributed by atoms with Crippen molar-refractivity contribution in [1.82, 2.24) is 4.98 Å². The number of pyridine rings is 1. The first-order valence-electron chi connectivity index (χ1n) is 4.87. The van der Waals surface area contributed by atoms with Gasteiger partial charge in [-0.2, -0.15) is 0 Å². The highest BCUT2D eigenvalue weighted by Crippen LogP contribution is 2.19. The first-order valence-corrected chi connectivity index (χ1v) is 6.35. The molecule has 0 unspecified atom stereocenters. The minimum Gasteiger partial charge on any atom is -0.278 e. The van der Waals surface area contributed by atoms with Crippen LogP contribution in [0.3, 0.4) is 0 Å². The van der Waals surface area contributed by atoms with Crippen molar-refractivity contribution in [2.75, 3.05) is 4.72 Å². The van der Waals surface area contributed by atoms with Gasteiger partial charge in [-0.15, -0.1) is 0 Å². The van der Waals surface area contributed by atoms with E-state index in [0.717, 1.165) is 12.1 Å². The van der Waals surface area contributed by atoms with E-state index < -0.39 is 26.6 Å². The number of sulfonamides is 1. The first kappa shape index (κ1) is 12.4. The van der Waals surface area contributed by atoms with E-state index in [4.69, 9.17) is 0 Å². The normalized spacial score (nSPS) is 11.2. The fraction of sp³-hybridized carbons (Fsp3) is 0. The van der Waals surface area contributed by atoms with Gasteiger partial charge in [-0.1, -0.05) is 0 Å². The smallest absolute Gasteiger partial charge is 0.264 e. The van der Waals surface area contributed by atoms with Crippen molar-refractivity contribution in [3.05, 3.63) is 54.4 Å². The summed E-state index contributed by atoms with van der Waals surface area (Å²) < 4.78 is 52.1. The summed E-state index contributed by atoms with van der Waals surface area (Å²) in [7, 11) is -4.17. The second-order valence-corrected chi connectivity index (χ2v) is 5.07. The molecule has 7 heteroatoms. The van der Waals surface area contributed by atoms with Gasteiger partial charge >= 0.3 is 0 Å². The standard InChI is InChI=1S/C11H8F2N2O2S/c12-8-3-4-10(13)11(6-8)18(16,17)15-9-2-1-5-14-7-9/h1-7,15H. The highest BCUT2D eigenvalue weighted by molar-refractivity contribution is 7.92. The van der Waals surface area contributed by atoms with Gasteiger partial charge in [0.15, 0.2) is 0 Å². The largest absolute Gasteiger partial charge is 0.278 e. The number of halogens is 2. The number of nitrogens with one attached hydrogen (secondary N) is 1. The summed E-state index contributed by atoms with van der Waals surface area (Å²) in [5.74, 6) is -1.85. The van der Waals surface area contributed by atoms with E-state index in [0.29, 0.717) is 6.07 Å². The van der Waals surface area contributed by atoms with Crippen LogP contribution in [0, 0.1) is 11.6 Å². The van der Waals surface area contributed by atoms with E-state index in [2.05, 4.69) is 9.71 Å². The number of hydrogen-bond acceptors (Lipinski definition) is 3. The summed E-state index contributed by atoms with van der Waals surface area (Å²) in [6.45, 7) is 0. The summed E-state index contributed by atoms with van der Waals surface area (Å²) in [6.07, 6.45) is 2.72. The molecule has 0 bridgehead atoms. The highest BCUT2D eigenvalue weighted by Gasteiger charge is 2.19. The van der Waals surface area contributed by atoms with E-state index in [1.54, 1.807) is 0 Å². The molecule has 0 saturated carbocycles. The van der Waals surface area contributed by atoms with E-state index in [1.807, 2.05) is 0 Å². The predicted molar refractivity (Wildman–Crippen MR) is 61.4 cm³/mol. The molecule has 18 heavy (non-hydrogen) atoms. The Hall–Kier alpha value is -2.02. The predicted octanol–water partition coefficient (Wildman–Crippen LogP) is 2.16. The van der Waals surface area contributed by atoms with Gasteiger partial charge in [0.1, 0.15) is 16.5 Å². The van der Waals surface area contributed by atoms with Gasteiger partial charge in [0.2, 0.25) is 0 Å². The molecule has 0 radical (unpaired) electrons. The zero-order valence-corrected chi connectivity index (χ0v) is 9.79. The molecule has 0 aliphatic heterocycles. The fourth-order valence-electron chi connectivity index (χ4n) is 1.32. The van der Waals surface area contributed by atoms with Crippen molar-refractivity contribution >= 4 is 15.7 Å². The van der Waals surface area contributed by atoms with E-state index in [1.165, 1.54) is 24.5 Å². The third-order valence-electron chi connectivity index (χ3n) is 2.10. The summed E-state index contributed by atoms with van der Waals surface area (Å²) >= 11 is 0. The topological polar surface area (TPSA) is 59.1 Å². The lowest BCUT2D eigenvalue weighted by molar-refractivity contribution is 0.555. The third-order valence-corrected chi connectivity index (χ3v) is 3.49. The maximum Gasteiger partial charge on any atom is 0.264 e. The molecule has 0 fully saturated rings. The molecule has 1 aromatic heterocycles. The molecule has 0 saturated heterocycles. The Labute approximate surface area is 102 Å². The second kappa shape index (κ2) is 4.69. The van der Waals surface area contributed by atoms with Gasteiger partial charge in [-0.25, -0.2) is 17.2 Å². The zero-order chi connectivity index (χ0) is 13.2. The SMILES string of the molecule is O=S(=O)(Nc1cccnc1)c1cc(F)ccc1F. The van der Waals surface area contributed by atoms with Crippen LogP contribution in [0.1, 0.15) is 0 Å². The lowest BCUT2D eigenvalue weighted by Gasteiger charge is -2.08. The Balaban J connectivity index is 2.40. The molecular weight excluding hydrogens is 262 g/mol. The van der Waals surface area contributed by atoms with Crippen LogP contribution in [-0.2, 0) is 10.0 Å². The molecule has 0 aliphatic carbocycles. The van der Waals surface area contributed by atoms with Crippen molar-refractivity contribution in [2.45, 2.75) is 4.90 Å². The number of aromatic nitrogens is 1. The molecule has 94 valence electrons. The monoisotopic (exact) mass is 270 g/mol. The van der Waals surface area contributed by atoms with Crippen LogP contribution in [0.4, 0.5) is 14.5 Å². The quantitative estimate of drug-likeness (QED) is 0.929. The minimum atomic E-state index is -4.17. The van der Waals surface area contributed by atoms with Crippen LogP contribution in [0.15, 0.2) is 47.6 Å². The number of nitrogens with zero attached hydrogens (tertiary/aromatic N) is 1. The average molecular weight is 270 g/mol. The molecule has 1 aromatic carbocycles. The third kappa shape index (κ3) is 2.62. The van der Waals surface area contributed by atoms with Crippen LogP contribution in [0.5, 0.6) is 0 Å². The fourth-order valence-corrected chi connectivity index (χ4v) is 2.45. The second-order valence-electron chi connectivity index (χ2n) is 3.42. The van der Waals surface area contributed by atoms with Gasteiger partial charge < -0.3 is 0 Å². The molecule has 0 aliphatic rings. The number of anilines is 1. The van der Waals surface area contributed by atoms with E-state index in [9.17, 15) is 17.2 Å². The van der Waals surface area contributed by atoms with Crippen LogP contribution in [0.2, 0.25) is 0 Å². The van der Waals surface area contributed by atoms with Gasteiger partial charge in [0.25, 0.3) is 10.0 Å². The van der Waals surface area contributed by atoms with Crippen molar-refractivity contribution in [3.63, 3.8) is 0 Å². The van der Waals surface area contributed by atoms with Crippen molar-refractivity contribution in [2.24, 2.45) is 0 Å². The highest BCUT2D eigenvalue weighted by atomic mass is 32.2. The molecular formula is C11H8F2N2O2S. The maximum absolute atomic E-state index is 13.4. The molecule has 0 spiro atoms. The van der Waals surface area contributed by atoms with Crippen LogP contribution >= 0.6 is 0 Å². The first-order chi connectivity index (χ1) is 8.49. The molecule has 1 N–H and O–H groups in total. The average Bonchev–Trinajstić information content (AvgIpc) is 2.33. The van der Waals surface area contributed by atoms with Crippen molar-refractivity contribution in [1.29, 1.82) is 0 Å². The Bertz CT molecular complexity index is 660. The Morgan fingerprint density at radius 3 is 2.61 bits per heavy atom. The molecule has 2 rings (SSSR count). The Morgan fingerprint density at radius 2 is 1.94 bits per heavy atom. The Morgan fingerprint density at radius 1 is 1.17 bits per heavy atom. The summed E-state index contributed by atoms with van der Waals surface area (Å²) in [4.78, 5) is 2.96. The lowest BCUT2D eigenvalue weighted by atomic mass is 10.3. The Kier molecular flexibility index (Phi) is 3.24. The summed E-state index contributed by atoms with van der Waals surface area (Å²) in [5.41, 5.74) is 0.168. The number of benzene rings is 1. The van der Waals surface area contributed by atoms with E-state index in [-0.39, 0.29) is 5.69 Å². The number of hydrogen-bond donors (Lipinski definition) is 1. The zero-order valence-electron chi connectivity index (χ0n) is 8.97. The van der Waals surface area contributed by atoms with Gasteiger partial charge in [0, 0.05) is 6.20 Å². The van der Waals surface area contributed by atoms with Crippen LogP contribution < -0.4 is 4.72 Å². The van der Waals surface area contributed by atoms with Crippen LogP contribution in [0.25, 0.3) is 0 Å². The number of rotatable bonds is 3. The summed E-state index contributed by atoms with van der Waals surface area (Å²) in [5, 5.41) is 0. The van der Waals surface area contributed by atoms with Crippen molar-refractivity contribution < 1.29 is 17.2 Å². The molecule has 2 aromatic rings. The molecule has 1 heterocycles. The molecule has 0 amide bonds. The van der Waals surface area contributed by atoms with Crippen LogP contribution in [-0.4, -0.2) is 13.4 Å². The molecule has 4 nitrogen and oxygen atoms in total. The van der Waals surface area contributed by atoms with Crippen molar-refractivity contribution in [3.8, 4) is 0 Å². The van der Waals surface area contributed by atoms with Gasteiger partial charge in [-0.3, -0.25) is 9.71 Å². The van der Waals surface area contributed by atoms with Gasteiger partial charge in [-0.05, 0) is 30.3 Å². The maximum atomic E-state index is 13.4. The molecule has 0 atom stereocenters.